The Hall–Kier alpha value is -3.14. The number of nitrogens with zero attached hydrogens (tertiary/aromatic N) is 1. The first kappa shape index (κ1) is 27.4. The van der Waals surface area contributed by atoms with Gasteiger partial charge in [-0.2, -0.15) is 0 Å². The third-order valence-corrected chi connectivity index (χ3v) is 5.57. The van der Waals surface area contributed by atoms with Crippen molar-refractivity contribution in [1.29, 1.82) is 0 Å². The predicted octanol–water partition coefficient (Wildman–Crippen LogP) is 2.37. The Morgan fingerprint density at radius 1 is 1.00 bits per heavy atom. The molecule has 1 aliphatic rings. The van der Waals surface area contributed by atoms with E-state index in [4.69, 9.17) is 9.47 Å². The minimum Gasteiger partial charge on any atom is -0.492 e. The van der Waals surface area contributed by atoms with Crippen LogP contribution < -0.4 is 26.0 Å². The van der Waals surface area contributed by atoms with Crippen molar-refractivity contribution in [2.24, 2.45) is 0 Å². The van der Waals surface area contributed by atoms with Crippen molar-refractivity contribution in [3.63, 3.8) is 0 Å². The van der Waals surface area contributed by atoms with Gasteiger partial charge in [0.25, 0.3) is 5.91 Å². The summed E-state index contributed by atoms with van der Waals surface area (Å²) in [5.74, 6) is 0.369. The second-order valence-corrected chi connectivity index (χ2v) is 10.2. The van der Waals surface area contributed by atoms with Crippen molar-refractivity contribution < 1.29 is 19.1 Å². The quantitative estimate of drug-likeness (QED) is 0.371. The molecule has 2 aromatic rings. The van der Waals surface area contributed by atoms with Gasteiger partial charge in [-0.3, -0.25) is 20.2 Å². The van der Waals surface area contributed by atoms with Crippen LogP contribution >= 0.6 is 0 Å². The summed E-state index contributed by atoms with van der Waals surface area (Å²) in [5, 5.41) is 13.0. The molecule has 1 amide bonds. The first-order valence-corrected chi connectivity index (χ1v) is 12.3. The van der Waals surface area contributed by atoms with Crippen molar-refractivity contribution >= 4 is 17.6 Å². The molecule has 1 saturated heterocycles. The highest BCUT2D eigenvalue weighted by Crippen LogP contribution is 2.20. The first-order chi connectivity index (χ1) is 17.1. The fraction of sp³-hybridized carbons (Fsp3) is 0.481. The van der Waals surface area contributed by atoms with Crippen molar-refractivity contribution in [2.75, 3.05) is 52.2 Å². The molecule has 1 heterocycles. The Morgan fingerprint density at radius 2 is 1.64 bits per heavy atom. The summed E-state index contributed by atoms with van der Waals surface area (Å²) >= 11 is 0. The van der Waals surface area contributed by atoms with Crippen molar-refractivity contribution in [1.82, 2.24) is 20.9 Å². The summed E-state index contributed by atoms with van der Waals surface area (Å²) in [5.41, 5.74) is 2.06. The van der Waals surface area contributed by atoms with E-state index in [1.54, 1.807) is 32.9 Å². The molecule has 0 saturated carbocycles. The smallest absolute Gasteiger partial charge is 0.325 e. The zero-order valence-electron chi connectivity index (χ0n) is 21.9. The number of esters is 1. The van der Waals surface area contributed by atoms with E-state index in [1.165, 1.54) is 0 Å². The number of carbonyl (C=O) groups is 2. The summed E-state index contributed by atoms with van der Waals surface area (Å²) in [6, 6.07) is 15.4. The molecule has 9 heteroatoms. The van der Waals surface area contributed by atoms with E-state index in [0.717, 1.165) is 36.6 Å². The van der Waals surface area contributed by atoms with Gasteiger partial charge in [0, 0.05) is 36.8 Å². The molecule has 4 N–H and O–H groups in total. The standard InChI is InChI=1S/C27H39N5O4/c1-27(2,3)36-24(33)18-28-25(34)20-8-6-19(7-9-20)21-16-29-26(30-17-21)31-22-10-12-23(13-11-22)35-15-14-32(4)5/h6-13,21,26,29-31H,14-18H2,1-5H3,(H,28,34). The molecule has 2 aromatic carbocycles. The lowest BCUT2D eigenvalue weighted by atomic mass is 9.96. The second-order valence-electron chi connectivity index (χ2n) is 10.2. The minimum atomic E-state index is -0.578. The molecular weight excluding hydrogens is 458 g/mol. The minimum absolute atomic E-state index is 0.0420. The zero-order valence-corrected chi connectivity index (χ0v) is 21.9. The monoisotopic (exact) mass is 497 g/mol. The van der Waals surface area contributed by atoms with E-state index in [2.05, 4.69) is 26.2 Å². The molecule has 0 spiro atoms. The summed E-state index contributed by atoms with van der Waals surface area (Å²) in [6.45, 7) is 8.33. The van der Waals surface area contributed by atoms with Crippen LogP contribution in [0.3, 0.4) is 0 Å². The topological polar surface area (TPSA) is 104 Å². The van der Waals surface area contributed by atoms with Gasteiger partial charge in [-0.05, 0) is 76.8 Å². The molecule has 0 radical (unpaired) electrons. The molecule has 0 unspecified atom stereocenters. The Kier molecular flexibility index (Phi) is 9.69. The van der Waals surface area contributed by atoms with Crippen LogP contribution in [0.2, 0.25) is 0 Å². The lowest BCUT2D eigenvalue weighted by Gasteiger charge is -2.32. The summed E-state index contributed by atoms with van der Waals surface area (Å²) < 4.78 is 11.0. The summed E-state index contributed by atoms with van der Waals surface area (Å²) in [6.07, 6.45) is -0.0420. The predicted molar refractivity (Wildman–Crippen MR) is 141 cm³/mol. The third-order valence-electron chi connectivity index (χ3n) is 5.57. The van der Waals surface area contributed by atoms with Crippen LogP contribution in [0, 0.1) is 0 Å². The van der Waals surface area contributed by atoms with Gasteiger partial charge in [0.05, 0.1) is 0 Å². The number of benzene rings is 2. The maximum absolute atomic E-state index is 12.4. The molecule has 36 heavy (non-hydrogen) atoms. The molecule has 0 atom stereocenters. The number of hydrogen-bond acceptors (Lipinski definition) is 8. The van der Waals surface area contributed by atoms with Gasteiger partial charge >= 0.3 is 5.97 Å². The second kappa shape index (κ2) is 12.7. The Labute approximate surface area is 213 Å². The average molecular weight is 498 g/mol. The maximum Gasteiger partial charge on any atom is 0.325 e. The van der Waals surface area contributed by atoms with E-state index in [-0.39, 0.29) is 24.7 Å². The number of ether oxygens (including phenoxy) is 2. The van der Waals surface area contributed by atoms with Gasteiger partial charge in [0.15, 0.2) is 0 Å². The van der Waals surface area contributed by atoms with Crippen LogP contribution in [0.1, 0.15) is 42.6 Å². The van der Waals surface area contributed by atoms with Gasteiger partial charge < -0.3 is 25.0 Å². The van der Waals surface area contributed by atoms with Gasteiger partial charge in [-0.15, -0.1) is 0 Å². The fourth-order valence-corrected chi connectivity index (χ4v) is 3.70. The van der Waals surface area contributed by atoms with Crippen molar-refractivity contribution in [3.05, 3.63) is 59.7 Å². The summed E-state index contributed by atoms with van der Waals surface area (Å²) in [7, 11) is 4.05. The van der Waals surface area contributed by atoms with Gasteiger partial charge in [-0.25, -0.2) is 0 Å². The number of anilines is 1. The molecular formula is C27H39N5O4. The summed E-state index contributed by atoms with van der Waals surface area (Å²) in [4.78, 5) is 26.3. The molecule has 1 fully saturated rings. The molecule has 1 aliphatic heterocycles. The van der Waals surface area contributed by atoms with Gasteiger partial charge in [-0.1, -0.05) is 12.1 Å². The third kappa shape index (κ3) is 9.14. The number of likely N-dealkylation sites (N-methyl/N-ethyl adjacent to an activating group) is 1. The molecule has 0 aromatic heterocycles. The molecule has 0 bridgehead atoms. The number of hydrogen-bond donors (Lipinski definition) is 4. The SMILES string of the molecule is CN(C)CCOc1ccc(NC2NCC(c3ccc(C(=O)NCC(=O)OC(C)(C)C)cc3)CN2)cc1. The number of rotatable bonds is 10. The zero-order chi connectivity index (χ0) is 26.1. The largest absolute Gasteiger partial charge is 0.492 e. The molecule has 0 aliphatic carbocycles. The Balaban J connectivity index is 1.41. The van der Waals surface area contributed by atoms with E-state index in [0.29, 0.717) is 12.2 Å². The van der Waals surface area contributed by atoms with Crippen LogP contribution in [-0.2, 0) is 9.53 Å². The van der Waals surface area contributed by atoms with E-state index in [9.17, 15) is 9.59 Å². The van der Waals surface area contributed by atoms with Crippen LogP contribution in [0.4, 0.5) is 5.69 Å². The highest BCUT2D eigenvalue weighted by atomic mass is 16.6. The lowest BCUT2D eigenvalue weighted by Crippen LogP contribution is -2.55. The van der Waals surface area contributed by atoms with E-state index >= 15 is 0 Å². The normalized spacial score (nSPS) is 17.9. The van der Waals surface area contributed by atoms with E-state index in [1.807, 2.05) is 50.5 Å². The van der Waals surface area contributed by atoms with Crippen LogP contribution in [-0.4, -0.2) is 75.5 Å². The van der Waals surface area contributed by atoms with Crippen LogP contribution in [0.25, 0.3) is 0 Å². The molecule has 9 nitrogen and oxygen atoms in total. The van der Waals surface area contributed by atoms with Crippen LogP contribution in [0.5, 0.6) is 5.75 Å². The molecule has 196 valence electrons. The van der Waals surface area contributed by atoms with E-state index < -0.39 is 11.6 Å². The highest BCUT2D eigenvalue weighted by molar-refractivity contribution is 5.95. The van der Waals surface area contributed by atoms with Crippen molar-refractivity contribution in [2.45, 2.75) is 38.6 Å². The first-order valence-electron chi connectivity index (χ1n) is 12.3. The van der Waals surface area contributed by atoms with Gasteiger partial charge in [0.1, 0.15) is 30.8 Å². The molecule has 3 rings (SSSR count). The highest BCUT2D eigenvalue weighted by Gasteiger charge is 2.22. The lowest BCUT2D eigenvalue weighted by molar-refractivity contribution is -0.153. The maximum atomic E-state index is 12.4. The number of carbonyl (C=O) groups excluding carboxylic acids is 2. The Bertz CT molecular complexity index is 979. The van der Waals surface area contributed by atoms with Gasteiger partial charge in [0.2, 0.25) is 0 Å². The Morgan fingerprint density at radius 3 is 2.22 bits per heavy atom. The number of amides is 1. The number of nitrogens with one attached hydrogen (secondary N) is 4. The fourth-order valence-electron chi connectivity index (χ4n) is 3.70. The average Bonchev–Trinajstić information content (AvgIpc) is 2.83. The van der Waals surface area contributed by atoms with Crippen molar-refractivity contribution in [3.8, 4) is 5.75 Å². The van der Waals surface area contributed by atoms with Crippen LogP contribution in [0.15, 0.2) is 48.5 Å².